The van der Waals surface area contributed by atoms with Crippen molar-refractivity contribution in [2.75, 3.05) is 57.9 Å². The molecule has 0 atom stereocenters. The normalized spacial score (nSPS) is 16.1. The summed E-state index contributed by atoms with van der Waals surface area (Å²) in [5.74, 6) is 0.941. The van der Waals surface area contributed by atoms with Gasteiger partial charge in [0.2, 0.25) is 5.91 Å². The van der Waals surface area contributed by atoms with Crippen molar-refractivity contribution < 1.29 is 23.9 Å². The number of carbonyl (C=O) groups is 3. The number of carbonyl (C=O) groups excluding carboxylic acids is 3. The molecule has 2 aromatic carbocycles. The Morgan fingerprint density at radius 1 is 1.06 bits per heavy atom. The summed E-state index contributed by atoms with van der Waals surface area (Å²) in [6.45, 7) is 5.45. The molecule has 4 rings (SSSR count). The number of rotatable bonds is 8. The van der Waals surface area contributed by atoms with Crippen LogP contribution < -0.4 is 14.4 Å². The van der Waals surface area contributed by atoms with Gasteiger partial charge in [-0.2, -0.15) is 0 Å². The van der Waals surface area contributed by atoms with E-state index >= 15 is 0 Å². The molecule has 34 heavy (non-hydrogen) atoms. The van der Waals surface area contributed by atoms with E-state index in [0.717, 1.165) is 31.7 Å². The minimum Gasteiger partial charge on any atom is -0.485 e. The summed E-state index contributed by atoms with van der Waals surface area (Å²) >= 11 is 0. The number of amides is 2. The highest BCUT2D eigenvalue weighted by atomic mass is 16.5. The highest BCUT2D eigenvalue weighted by Gasteiger charge is 2.27. The lowest BCUT2D eigenvalue weighted by molar-refractivity contribution is -0.133. The van der Waals surface area contributed by atoms with Gasteiger partial charge in [-0.15, -0.1) is 0 Å². The number of anilines is 1. The molecule has 0 aromatic heterocycles. The molecule has 1 fully saturated rings. The van der Waals surface area contributed by atoms with Gasteiger partial charge in [-0.1, -0.05) is 12.1 Å². The van der Waals surface area contributed by atoms with Crippen molar-refractivity contribution in [2.45, 2.75) is 19.8 Å². The van der Waals surface area contributed by atoms with Crippen LogP contribution >= 0.6 is 0 Å². The van der Waals surface area contributed by atoms with Gasteiger partial charge in [0, 0.05) is 44.7 Å². The van der Waals surface area contributed by atoms with E-state index in [1.807, 2.05) is 36.1 Å². The molecule has 0 spiro atoms. The van der Waals surface area contributed by atoms with E-state index in [9.17, 15) is 14.4 Å². The van der Waals surface area contributed by atoms with E-state index in [0.29, 0.717) is 42.1 Å². The molecule has 180 valence electrons. The van der Waals surface area contributed by atoms with E-state index < -0.39 is 0 Å². The van der Waals surface area contributed by atoms with Gasteiger partial charge in [0.25, 0.3) is 5.91 Å². The van der Waals surface area contributed by atoms with Gasteiger partial charge < -0.3 is 24.2 Å². The lowest BCUT2D eigenvalue weighted by Crippen LogP contribution is -2.47. The van der Waals surface area contributed by atoms with Crippen molar-refractivity contribution in [3.63, 3.8) is 0 Å². The van der Waals surface area contributed by atoms with Crippen LogP contribution in [-0.4, -0.2) is 80.4 Å². The topological polar surface area (TPSA) is 79.4 Å². The Bertz CT molecular complexity index is 1060. The Hall–Kier alpha value is -3.39. The zero-order valence-electron chi connectivity index (χ0n) is 19.8. The van der Waals surface area contributed by atoms with Crippen molar-refractivity contribution in [1.29, 1.82) is 0 Å². The quantitative estimate of drug-likeness (QED) is 0.558. The largest absolute Gasteiger partial charge is 0.485 e. The third-order valence-electron chi connectivity index (χ3n) is 6.21. The number of ketones is 1. The smallest absolute Gasteiger partial charge is 0.265 e. The number of ether oxygens (including phenoxy) is 2. The summed E-state index contributed by atoms with van der Waals surface area (Å²) < 4.78 is 11.2. The number of piperazine rings is 1. The third-order valence-corrected chi connectivity index (χ3v) is 6.21. The van der Waals surface area contributed by atoms with E-state index in [1.165, 1.54) is 0 Å². The molecule has 2 aromatic rings. The number of likely N-dealkylation sites (N-methyl/N-ethyl adjacent to an activating group) is 1. The first-order valence-corrected chi connectivity index (χ1v) is 11.7. The Balaban J connectivity index is 1.37. The van der Waals surface area contributed by atoms with Crippen LogP contribution in [-0.2, 0) is 9.59 Å². The van der Waals surface area contributed by atoms with Crippen LogP contribution in [0, 0.1) is 6.92 Å². The van der Waals surface area contributed by atoms with Crippen LogP contribution in [0.3, 0.4) is 0 Å². The van der Waals surface area contributed by atoms with Crippen LogP contribution in [0.5, 0.6) is 11.5 Å². The van der Waals surface area contributed by atoms with Gasteiger partial charge in [-0.3, -0.25) is 14.4 Å². The zero-order valence-corrected chi connectivity index (χ0v) is 19.8. The summed E-state index contributed by atoms with van der Waals surface area (Å²) in [6.07, 6.45) is 0.928. The molecular formula is C26H31N3O5. The molecule has 8 heteroatoms. The molecule has 0 unspecified atom stereocenters. The number of aryl methyl sites for hydroxylation is 1. The second-order valence-corrected chi connectivity index (χ2v) is 8.83. The van der Waals surface area contributed by atoms with Crippen LogP contribution in [0.1, 0.15) is 28.8 Å². The molecule has 1 saturated heterocycles. The summed E-state index contributed by atoms with van der Waals surface area (Å²) in [5.41, 5.74) is 2.06. The standard InChI is InChI=1S/C26H31N3O5/c1-19-5-3-6-21(15-19)33-17-23(30)20-8-9-24-22(16-20)29(26(32)18-34-24)10-4-7-25(31)28-13-11-27(2)12-14-28/h3,5-6,8-9,15-16H,4,7,10-14,17-18H2,1-2H3. The number of nitrogens with zero attached hydrogens (tertiary/aromatic N) is 3. The van der Waals surface area contributed by atoms with E-state index in [-0.39, 0.29) is 30.8 Å². The monoisotopic (exact) mass is 465 g/mol. The van der Waals surface area contributed by atoms with Gasteiger partial charge in [0.05, 0.1) is 5.69 Å². The number of hydrogen-bond donors (Lipinski definition) is 0. The van der Waals surface area contributed by atoms with Crippen LogP contribution in [0.15, 0.2) is 42.5 Å². The van der Waals surface area contributed by atoms with E-state index in [2.05, 4.69) is 11.9 Å². The molecule has 0 N–H and O–H groups in total. The fourth-order valence-corrected chi connectivity index (χ4v) is 4.16. The van der Waals surface area contributed by atoms with Crippen molar-refractivity contribution in [3.05, 3.63) is 53.6 Å². The van der Waals surface area contributed by atoms with E-state index in [1.54, 1.807) is 23.1 Å². The molecule has 2 heterocycles. The van der Waals surface area contributed by atoms with Gasteiger partial charge >= 0.3 is 0 Å². The highest BCUT2D eigenvalue weighted by molar-refractivity contribution is 6.02. The third kappa shape index (κ3) is 5.75. The number of benzene rings is 2. The Morgan fingerprint density at radius 3 is 2.62 bits per heavy atom. The predicted octanol–water partition coefficient (Wildman–Crippen LogP) is 2.54. The number of Topliss-reactive ketones (excluding diaryl/α,β-unsaturated/α-hetero) is 1. The summed E-state index contributed by atoms with van der Waals surface area (Å²) in [7, 11) is 2.05. The Labute approximate surface area is 200 Å². The number of hydrogen-bond acceptors (Lipinski definition) is 6. The van der Waals surface area contributed by atoms with Crippen molar-refractivity contribution >= 4 is 23.3 Å². The van der Waals surface area contributed by atoms with Gasteiger partial charge in [-0.05, 0) is 56.3 Å². The van der Waals surface area contributed by atoms with Crippen LogP contribution in [0.4, 0.5) is 5.69 Å². The molecule has 2 aliphatic heterocycles. The molecule has 2 aliphatic rings. The van der Waals surface area contributed by atoms with Gasteiger partial charge in [0.15, 0.2) is 19.0 Å². The lowest BCUT2D eigenvalue weighted by Gasteiger charge is -2.33. The molecular weight excluding hydrogens is 434 g/mol. The SMILES string of the molecule is Cc1cccc(OCC(=O)c2ccc3c(c2)N(CCCC(=O)N2CCN(C)CC2)C(=O)CO3)c1. The first-order valence-electron chi connectivity index (χ1n) is 11.7. The van der Waals surface area contributed by atoms with Gasteiger partial charge in [-0.25, -0.2) is 0 Å². The van der Waals surface area contributed by atoms with Crippen molar-refractivity contribution in [1.82, 2.24) is 9.80 Å². The molecule has 8 nitrogen and oxygen atoms in total. The maximum absolute atomic E-state index is 12.8. The fourth-order valence-electron chi connectivity index (χ4n) is 4.16. The zero-order chi connectivity index (χ0) is 24.1. The summed E-state index contributed by atoms with van der Waals surface area (Å²) in [4.78, 5) is 43.6. The van der Waals surface area contributed by atoms with Crippen molar-refractivity contribution in [2.24, 2.45) is 0 Å². The average Bonchev–Trinajstić information content (AvgIpc) is 2.84. The Morgan fingerprint density at radius 2 is 1.85 bits per heavy atom. The first-order chi connectivity index (χ1) is 16.4. The van der Waals surface area contributed by atoms with Crippen LogP contribution in [0.25, 0.3) is 0 Å². The second-order valence-electron chi connectivity index (χ2n) is 8.83. The molecule has 2 amide bonds. The van der Waals surface area contributed by atoms with Crippen molar-refractivity contribution in [3.8, 4) is 11.5 Å². The highest BCUT2D eigenvalue weighted by Crippen LogP contribution is 2.33. The summed E-state index contributed by atoms with van der Waals surface area (Å²) in [6, 6.07) is 12.6. The average molecular weight is 466 g/mol. The minimum atomic E-state index is -0.187. The van der Waals surface area contributed by atoms with Gasteiger partial charge in [0.1, 0.15) is 11.5 Å². The maximum Gasteiger partial charge on any atom is 0.265 e. The van der Waals surface area contributed by atoms with Crippen LogP contribution in [0.2, 0.25) is 0 Å². The second kappa shape index (κ2) is 10.7. The maximum atomic E-state index is 12.8. The Kier molecular flexibility index (Phi) is 7.47. The predicted molar refractivity (Wildman–Crippen MR) is 129 cm³/mol. The summed E-state index contributed by atoms with van der Waals surface area (Å²) in [5, 5.41) is 0. The lowest BCUT2D eigenvalue weighted by atomic mass is 10.1. The molecule has 0 saturated carbocycles. The molecule has 0 bridgehead atoms. The first kappa shape index (κ1) is 23.8. The number of fused-ring (bicyclic) bond motifs is 1. The molecule has 0 radical (unpaired) electrons. The fraction of sp³-hybridized carbons (Fsp3) is 0.423. The van der Waals surface area contributed by atoms with E-state index in [4.69, 9.17) is 9.47 Å². The minimum absolute atomic E-state index is 0.0524. The molecule has 0 aliphatic carbocycles.